The van der Waals surface area contributed by atoms with Gasteiger partial charge in [-0.05, 0) is 73.1 Å². The number of halogens is 3. The lowest BCUT2D eigenvalue weighted by Crippen LogP contribution is -2.48. The van der Waals surface area contributed by atoms with E-state index in [9.17, 15) is 23.1 Å². The van der Waals surface area contributed by atoms with Crippen molar-refractivity contribution in [2.24, 2.45) is 5.92 Å². The molecule has 1 fully saturated rings. The minimum atomic E-state index is -0.610. The number of likely N-dealkylation sites (tertiary alicyclic amines) is 1. The summed E-state index contributed by atoms with van der Waals surface area (Å²) < 4.78 is 40.6. The second-order valence-corrected chi connectivity index (χ2v) is 10.1. The largest absolute Gasteiger partial charge is 0.396 e. The van der Waals surface area contributed by atoms with Crippen molar-refractivity contribution in [2.45, 2.75) is 44.4 Å². The number of aryl methyl sites for hydroxylation is 1. The molecule has 3 atom stereocenters. The van der Waals surface area contributed by atoms with Crippen LogP contribution < -0.4 is 5.32 Å². The number of benzene rings is 2. The third-order valence-electron chi connectivity index (χ3n) is 5.96. The van der Waals surface area contributed by atoms with Gasteiger partial charge in [0.25, 0.3) is 0 Å². The van der Waals surface area contributed by atoms with Gasteiger partial charge in [-0.1, -0.05) is 13.0 Å². The Labute approximate surface area is 197 Å². The molecule has 1 heterocycles. The molecular formula is C25H31F3N2O2S. The van der Waals surface area contributed by atoms with Crippen LogP contribution in [0.4, 0.5) is 18.0 Å². The van der Waals surface area contributed by atoms with Crippen LogP contribution in [0, 0.1) is 30.3 Å². The molecule has 2 aromatic carbocycles. The van der Waals surface area contributed by atoms with Crippen molar-refractivity contribution in [3.8, 4) is 0 Å². The van der Waals surface area contributed by atoms with Crippen molar-refractivity contribution in [1.29, 1.82) is 0 Å². The number of aliphatic hydroxyl groups is 1. The first-order valence-corrected chi connectivity index (χ1v) is 12.3. The van der Waals surface area contributed by atoms with Gasteiger partial charge in [0.15, 0.2) is 0 Å². The Hall–Kier alpha value is -2.19. The summed E-state index contributed by atoms with van der Waals surface area (Å²) in [6.45, 7) is 4.80. The molecule has 1 unspecified atom stereocenters. The van der Waals surface area contributed by atoms with Gasteiger partial charge < -0.3 is 15.3 Å². The number of carbonyl (C=O) groups is 1. The summed E-state index contributed by atoms with van der Waals surface area (Å²) in [6.07, 6.45) is 1.98. The summed E-state index contributed by atoms with van der Waals surface area (Å²) in [7, 11) is 0. The molecule has 8 heteroatoms. The number of nitrogens with one attached hydrogen (secondary N) is 1. The molecule has 180 valence electrons. The minimum absolute atomic E-state index is 0.0150. The highest BCUT2D eigenvalue weighted by Gasteiger charge is 2.33. The molecule has 1 saturated heterocycles. The molecule has 2 amide bonds. The van der Waals surface area contributed by atoms with Crippen LogP contribution in [0.15, 0.2) is 36.4 Å². The Balaban J connectivity index is 1.67. The molecule has 2 N–H and O–H groups in total. The quantitative estimate of drug-likeness (QED) is 0.544. The van der Waals surface area contributed by atoms with E-state index in [-0.39, 0.29) is 30.4 Å². The molecule has 4 nitrogen and oxygen atoms in total. The lowest BCUT2D eigenvalue weighted by Gasteiger charge is -2.40. The van der Waals surface area contributed by atoms with Gasteiger partial charge in [-0.15, -0.1) is 0 Å². The maximum Gasteiger partial charge on any atom is 0.317 e. The zero-order valence-electron chi connectivity index (χ0n) is 19.0. The lowest BCUT2D eigenvalue weighted by molar-refractivity contribution is 0.152. The van der Waals surface area contributed by atoms with Gasteiger partial charge in [0.2, 0.25) is 0 Å². The van der Waals surface area contributed by atoms with Crippen LogP contribution in [0.1, 0.15) is 42.5 Å². The topological polar surface area (TPSA) is 52.6 Å². The SMILES string of the molecule is Cc1cc(F)ccc1[C@H]1C[C@@H](SCCO)CCN1C(=O)NCC(C)Cc1cc(F)cc(F)c1. The fraction of sp³-hybridized carbons (Fsp3) is 0.480. The number of hydrogen-bond acceptors (Lipinski definition) is 3. The number of piperidine rings is 1. The van der Waals surface area contributed by atoms with E-state index in [0.29, 0.717) is 36.1 Å². The summed E-state index contributed by atoms with van der Waals surface area (Å²) in [6, 6.07) is 7.72. The molecule has 0 spiro atoms. The fourth-order valence-electron chi connectivity index (χ4n) is 4.42. The van der Waals surface area contributed by atoms with Gasteiger partial charge in [-0.3, -0.25) is 0 Å². The summed E-state index contributed by atoms with van der Waals surface area (Å²) in [5.41, 5.74) is 2.27. The molecule has 1 aliphatic heterocycles. The average molecular weight is 481 g/mol. The Morgan fingerprint density at radius 2 is 1.91 bits per heavy atom. The number of hydrogen-bond donors (Lipinski definition) is 2. The van der Waals surface area contributed by atoms with Crippen molar-refractivity contribution in [3.05, 3.63) is 70.5 Å². The van der Waals surface area contributed by atoms with Crippen molar-refractivity contribution in [2.75, 3.05) is 25.4 Å². The Morgan fingerprint density at radius 3 is 2.58 bits per heavy atom. The summed E-state index contributed by atoms with van der Waals surface area (Å²) in [5, 5.41) is 12.4. The van der Waals surface area contributed by atoms with Crippen molar-refractivity contribution in [3.63, 3.8) is 0 Å². The number of urea groups is 1. The van der Waals surface area contributed by atoms with E-state index in [1.165, 1.54) is 24.3 Å². The molecule has 0 radical (unpaired) electrons. The zero-order chi connectivity index (χ0) is 24.0. The number of aliphatic hydroxyl groups excluding tert-OH is 1. The van der Waals surface area contributed by atoms with Gasteiger partial charge in [0.1, 0.15) is 17.5 Å². The molecule has 33 heavy (non-hydrogen) atoms. The van der Waals surface area contributed by atoms with Gasteiger partial charge >= 0.3 is 6.03 Å². The highest BCUT2D eigenvalue weighted by Crippen LogP contribution is 2.37. The normalized spacial score (nSPS) is 19.4. The highest BCUT2D eigenvalue weighted by molar-refractivity contribution is 7.99. The highest BCUT2D eigenvalue weighted by atomic mass is 32.2. The number of carbonyl (C=O) groups excluding carboxylic acids is 1. The second-order valence-electron chi connectivity index (χ2n) is 8.72. The molecule has 0 bridgehead atoms. The molecule has 0 aromatic heterocycles. The standard InChI is InChI=1S/C25H31F3N2O2S/c1-16(9-18-11-20(27)13-21(28)12-18)15-29-25(32)30-6-5-22(33-8-7-31)14-24(30)23-4-3-19(26)10-17(23)2/h3-4,10-13,16,22,24,31H,5-9,14-15H2,1-2H3,(H,29,32)/t16?,22-,24+/m0/s1. The van der Waals surface area contributed by atoms with Crippen LogP contribution in [0.5, 0.6) is 0 Å². The maximum atomic E-state index is 13.7. The first-order valence-electron chi connectivity index (χ1n) is 11.2. The van der Waals surface area contributed by atoms with Crippen LogP contribution in [0.2, 0.25) is 0 Å². The van der Waals surface area contributed by atoms with Crippen LogP contribution in [-0.2, 0) is 6.42 Å². The number of nitrogens with zero attached hydrogens (tertiary/aromatic N) is 1. The van der Waals surface area contributed by atoms with E-state index in [1.54, 1.807) is 22.7 Å². The summed E-state index contributed by atoms with van der Waals surface area (Å²) >= 11 is 1.70. The lowest BCUT2D eigenvalue weighted by atomic mass is 9.92. The molecule has 3 rings (SSSR count). The first-order chi connectivity index (χ1) is 15.8. The van der Waals surface area contributed by atoms with Crippen molar-refractivity contribution < 1.29 is 23.1 Å². The monoisotopic (exact) mass is 480 g/mol. The van der Waals surface area contributed by atoms with Gasteiger partial charge in [0, 0.05) is 30.2 Å². The molecule has 0 aliphatic carbocycles. The summed E-state index contributed by atoms with van der Waals surface area (Å²) in [5.74, 6) is -0.901. The minimum Gasteiger partial charge on any atom is -0.396 e. The Bertz CT molecular complexity index is 939. The first kappa shape index (κ1) is 25.4. The van der Waals surface area contributed by atoms with Crippen LogP contribution >= 0.6 is 11.8 Å². The molecule has 0 saturated carbocycles. The van der Waals surface area contributed by atoms with Crippen molar-refractivity contribution in [1.82, 2.24) is 10.2 Å². The molecule has 1 aliphatic rings. The summed E-state index contributed by atoms with van der Waals surface area (Å²) in [4.78, 5) is 14.9. The average Bonchev–Trinajstić information content (AvgIpc) is 2.75. The van der Waals surface area contributed by atoms with E-state index >= 15 is 0 Å². The van der Waals surface area contributed by atoms with E-state index in [1.807, 2.05) is 13.8 Å². The van der Waals surface area contributed by atoms with Crippen LogP contribution in [0.25, 0.3) is 0 Å². The van der Waals surface area contributed by atoms with Gasteiger partial charge in [-0.25, -0.2) is 18.0 Å². The number of thioether (sulfide) groups is 1. The van der Waals surface area contributed by atoms with Gasteiger partial charge in [0.05, 0.1) is 12.6 Å². The Morgan fingerprint density at radius 1 is 1.18 bits per heavy atom. The Kier molecular flexibility index (Phi) is 9.09. The number of rotatable bonds is 8. The van der Waals surface area contributed by atoms with E-state index < -0.39 is 11.6 Å². The van der Waals surface area contributed by atoms with E-state index in [4.69, 9.17) is 0 Å². The van der Waals surface area contributed by atoms with Crippen LogP contribution in [-0.4, -0.2) is 46.7 Å². The van der Waals surface area contributed by atoms with E-state index in [2.05, 4.69) is 5.32 Å². The predicted octanol–water partition coefficient (Wildman–Crippen LogP) is 5.23. The van der Waals surface area contributed by atoms with Crippen LogP contribution in [0.3, 0.4) is 0 Å². The number of amides is 2. The van der Waals surface area contributed by atoms with Gasteiger partial charge in [-0.2, -0.15) is 11.8 Å². The smallest absolute Gasteiger partial charge is 0.317 e. The maximum absolute atomic E-state index is 13.7. The fourth-order valence-corrected chi connectivity index (χ4v) is 5.45. The van der Waals surface area contributed by atoms with E-state index in [0.717, 1.165) is 30.0 Å². The zero-order valence-corrected chi connectivity index (χ0v) is 19.8. The second kappa shape index (κ2) is 11.8. The molecular weight excluding hydrogens is 449 g/mol. The third kappa shape index (κ3) is 7.14. The molecule has 2 aromatic rings. The third-order valence-corrected chi connectivity index (χ3v) is 7.28. The van der Waals surface area contributed by atoms with Crippen molar-refractivity contribution >= 4 is 17.8 Å². The predicted molar refractivity (Wildman–Crippen MR) is 126 cm³/mol.